The molecule has 0 radical (unpaired) electrons. The predicted octanol–water partition coefficient (Wildman–Crippen LogP) is 0.203. The zero-order valence-electron chi connectivity index (χ0n) is 5.61. The quantitative estimate of drug-likeness (QED) is 0.585. The Morgan fingerprint density at radius 3 is 3.20 bits per heavy atom. The molecule has 0 aliphatic heterocycles. The normalized spacial score (nSPS) is 8.80. The summed E-state index contributed by atoms with van der Waals surface area (Å²) in [5.74, 6) is 0. The van der Waals surface area contributed by atoms with Gasteiger partial charge in [0.25, 0.3) is 0 Å². The summed E-state index contributed by atoms with van der Waals surface area (Å²) in [6.07, 6.45) is 1.60. The summed E-state index contributed by atoms with van der Waals surface area (Å²) in [5.41, 5.74) is 0.369. The van der Waals surface area contributed by atoms with Crippen molar-refractivity contribution in [3.8, 4) is 6.07 Å². The summed E-state index contributed by atoms with van der Waals surface area (Å²) < 4.78 is 0. The highest BCUT2D eigenvalue weighted by molar-refractivity contribution is 5.16. The van der Waals surface area contributed by atoms with Gasteiger partial charge in [0.2, 0.25) is 0 Å². The smallest absolute Gasteiger partial charge is 0.166 e. The van der Waals surface area contributed by atoms with Gasteiger partial charge in [-0.25, -0.2) is 0 Å². The molecule has 0 amide bonds. The molecule has 0 spiro atoms. The third kappa shape index (κ3) is 1.26. The Morgan fingerprint density at radius 2 is 2.70 bits per heavy atom. The van der Waals surface area contributed by atoms with Crippen LogP contribution in [0.3, 0.4) is 0 Å². The maximum atomic E-state index is 8.34. The molecule has 0 atom stereocenters. The summed E-state index contributed by atoms with van der Waals surface area (Å²) >= 11 is 0. The van der Waals surface area contributed by atoms with Gasteiger partial charge in [0.1, 0.15) is 12.7 Å². The number of hydrogen-bond donors (Lipinski definition) is 0. The molecule has 1 rings (SSSR count). The molecule has 10 heavy (non-hydrogen) atoms. The monoisotopic (exact) mass is 137 g/mol. The molecule has 0 saturated carbocycles. The third-order valence-electron chi connectivity index (χ3n) is 0.942. The SMILES string of the molecule is CCOn1ccc(C#N)n1. The first-order valence-corrected chi connectivity index (χ1v) is 2.96. The van der Waals surface area contributed by atoms with Crippen LogP contribution in [0.4, 0.5) is 0 Å². The molecule has 0 aliphatic rings. The highest BCUT2D eigenvalue weighted by atomic mass is 16.7. The van der Waals surface area contributed by atoms with Gasteiger partial charge in [-0.15, -0.1) is 9.94 Å². The molecule has 0 unspecified atom stereocenters. The largest absolute Gasteiger partial charge is 0.397 e. The van der Waals surface area contributed by atoms with Gasteiger partial charge < -0.3 is 4.84 Å². The van der Waals surface area contributed by atoms with Crippen LogP contribution in [-0.4, -0.2) is 16.6 Å². The second kappa shape index (κ2) is 2.87. The first kappa shape index (κ1) is 6.62. The fourth-order valence-corrected chi connectivity index (χ4v) is 0.571. The second-order valence-corrected chi connectivity index (χ2v) is 1.63. The van der Waals surface area contributed by atoms with Gasteiger partial charge in [-0.1, -0.05) is 0 Å². The lowest BCUT2D eigenvalue weighted by atomic mass is 10.5. The van der Waals surface area contributed by atoms with E-state index in [-0.39, 0.29) is 0 Å². The van der Waals surface area contributed by atoms with Crippen molar-refractivity contribution < 1.29 is 4.84 Å². The molecule has 1 aromatic rings. The van der Waals surface area contributed by atoms with E-state index >= 15 is 0 Å². The van der Waals surface area contributed by atoms with Crippen LogP contribution in [0, 0.1) is 11.3 Å². The molecule has 0 aliphatic carbocycles. The average Bonchev–Trinajstić information content (AvgIpc) is 2.37. The second-order valence-electron chi connectivity index (χ2n) is 1.63. The molecule has 4 nitrogen and oxygen atoms in total. The van der Waals surface area contributed by atoms with E-state index in [1.165, 1.54) is 4.85 Å². The minimum absolute atomic E-state index is 0.369. The lowest BCUT2D eigenvalue weighted by Gasteiger charge is -1.97. The van der Waals surface area contributed by atoms with E-state index in [1.807, 2.05) is 13.0 Å². The summed E-state index contributed by atoms with van der Waals surface area (Å²) in [6.45, 7) is 2.40. The van der Waals surface area contributed by atoms with Crippen molar-refractivity contribution in [2.45, 2.75) is 6.92 Å². The summed E-state index contributed by atoms with van der Waals surface area (Å²) in [7, 11) is 0. The first-order valence-electron chi connectivity index (χ1n) is 2.96. The Labute approximate surface area is 58.6 Å². The molecule has 0 saturated heterocycles. The Morgan fingerprint density at radius 1 is 1.90 bits per heavy atom. The zero-order valence-corrected chi connectivity index (χ0v) is 5.61. The molecular formula is C6H7N3O. The highest BCUT2D eigenvalue weighted by Crippen LogP contribution is 1.89. The van der Waals surface area contributed by atoms with Crippen molar-refractivity contribution in [3.05, 3.63) is 18.0 Å². The maximum Gasteiger partial charge on any atom is 0.166 e. The Kier molecular flexibility index (Phi) is 1.90. The van der Waals surface area contributed by atoms with Crippen molar-refractivity contribution in [2.24, 2.45) is 0 Å². The van der Waals surface area contributed by atoms with Crippen LogP contribution in [0.2, 0.25) is 0 Å². The lowest BCUT2D eigenvalue weighted by Crippen LogP contribution is -2.10. The molecule has 0 aromatic carbocycles. The van der Waals surface area contributed by atoms with Gasteiger partial charge in [-0.3, -0.25) is 0 Å². The van der Waals surface area contributed by atoms with Crippen molar-refractivity contribution in [1.82, 2.24) is 9.94 Å². The predicted molar refractivity (Wildman–Crippen MR) is 34.1 cm³/mol. The first-order chi connectivity index (χ1) is 4.86. The highest BCUT2D eigenvalue weighted by Gasteiger charge is 1.94. The van der Waals surface area contributed by atoms with Crippen LogP contribution in [-0.2, 0) is 0 Å². The van der Waals surface area contributed by atoms with Crippen LogP contribution < -0.4 is 4.84 Å². The Bertz CT molecular complexity index is 248. The Hall–Kier alpha value is -1.50. The molecule has 0 N–H and O–H groups in total. The van der Waals surface area contributed by atoms with Crippen LogP contribution in [0.1, 0.15) is 12.6 Å². The number of nitrogens with zero attached hydrogens (tertiary/aromatic N) is 3. The zero-order chi connectivity index (χ0) is 7.40. The van der Waals surface area contributed by atoms with E-state index in [0.29, 0.717) is 12.3 Å². The van der Waals surface area contributed by atoms with Crippen molar-refractivity contribution in [1.29, 1.82) is 5.26 Å². The molecule has 1 aromatic heterocycles. The minimum Gasteiger partial charge on any atom is -0.397 e. The lowest BCUT2D eigenvalue weighted by molar-refractivity contribution is 0.0925. The van der Waals surface area contributed by atoms with Crippen molar-refractivity contribution in [2.75, 3.05) is 6.61 Å². The topological polar surface area (TPSA) is 50.8 Å². The van der Waals surface area contributed by atoms with E-state index in [2.05, 4.69) is 5.10 Å². The van der Waals surface area contributed by atoms with E-state index < -0.39 is 0 Å². The van der Waals surface area contributed by atoms with Crippen molar-refractivity contribution in [3.63, 3.8) is 0 Å². The average molecular weight is 137 g/mol. The van der Waals surface area contributed by atoms with Gasteiger partial charge in [0.05, 0.1) is 6.20 Å². The standard InChI is InChI=1S/C6H7N3O/c1-2-10-9-4-3-6(5-7)8-9/h3-4H,2H2,1H3. The molecule has 4 heteroatoms. The van der Waals surface area contributed by atoms with Crippen LogP contribution in [0.25, 0.3) is 0 Å². The summed E-state index contributed by atoms with van der Waals surface area (Å²) in [5, 5.41) is 12.1. The van der Waals surface area contributed by atoms with Gasteiger partial charge in [-0.2, -0.15) is 5.26 Å². The van der Waals surface area contributed by atoms with Gasteiger partial charge in [-0.05, 0) is 13.0 Å². The Balaban J connectivity index is 2.71. The molecule has 52 valence electrons. The van der Waals surface area contributed by atoms with E-state index in [1.54, 1.807) is 12.3 Å². The van der Waals surface area contributed by atoms with Gasteiger partial charge in [0, 0.05) is 0 Å². The summed E-state index contributed by atoms with van der Waals surface area (Å²) in [4.78, 5) is 6.22. The molecule has 0 bridgehead atoms. The number of aromatic nitrogens is 2. The number of rotatable bonds is 2. The van der Waals surface area contributed by atoms with E-state index in [9.17, 15) is 0 Å². The van der Waals surface area contributed by atoms with E-state index in [0.717, 1.165) is 0 Å². The molecular weight excluding hydrogens is 130 g/mol. The van der Waals surface area contributed by atoms with Crippen LogP contribution in [0.5, 0.6) is 0 Å². The maximum absolute atomic E-state index is 8.34. The molecule has 0 fully saturated rings. The third-order valence-corrected chi connectivity index (χ3v) is 0.942. The van der Waals surface area contributed by atoms with E-state index in [4.69, 9.17) is 10.1 Å². The minimum atomic E-state index is 0.369. The van der Waals surface area contributed by atoms with Gasteiger partial charge in [0.15, 0.2) is 5.69 Å². The van der Waals surface area contributed by atoms with Crippen LogP contribution >= 0.6 is 0 Å². The number of hydrogen-bond acceptors (Lipinski definition) is 3. The molecule has 1 heterocycles. The van der Waals surface area contributed by atoms with Gasteiger partial charge >= 0.3 is 0 Å². The number of nitriles is 1. The fourth-order valence-electron chi connectivity index (χ4n) is 0.571. The van der Waals surface area contributed by atoms with Crippen LogP contribution in [0.15, 0.2) is 12.3 Å². The van der Waals surface area contributed by atoms with Crippen molar-refractivity contribution >= 4 is 0 Å². The summed E-state index contributed by atoms with van der Waals surface area (Å²) in [6, 6.07) is 3.49. The fraction of sp³-hybridized carbons (Fsp3) is 0.333.